The van der Waals surface area contributed by atoms with Crippen LogP contribution < -0.4 is 15.1 Å². The van der Waals surface area contributed by atoms with Crippen LogP contribution in [0.15, 0.2) is 12.1 Å². The first-order valence-corrected chi connectivity index (χ1v) is 9.62. The molecule has 4 rings (SSSR count). The van der Waals surface area contributed by atoms with E-state index in [1.807, 2.05) is 11.0 Å². The summed E-state index contributed by atoms with van der Waals surface area (Å²) in [7, 11) is 0. The number of amides is 2. The molecule has 2 amide bonds. The molecule has 0 bridgehead atoms. The molecule has 140 valence electrons. The summed E-state index contributed by atoms with van der Waals surface area (Å²) < 4.78 is 0. The Morgan fingerprint density at radius 3 is 2.08 bits per heavy atom. The van der Waals surface area contributed by atoms with Crippen molar-refractivity contribution < 1.29 is 9.59 Å². The zero-order valence-electron chi connectivity index (χ0n) is 15.1. The number of rotatable bonds is 3. The smallest absolute Gasteiger partial charge is 0.245 e. The van der Waals surface area contributed by atoms with Gasteiger partial charge >= 0.3 is 0 Å². The predicted molar refractivity (Wildman–Crippen MR) is 98.1 cm³/mol. The molecule has 1 aromatic heterocycles. The van der Waals surface area contributed by atoms with E-state index in [0.717, 1.165) is 37.8 Å². The Labute approximate surface area is 153 Å². The van der Waals surface area contributed by atoms with Gasteiger partial charge in [0.1, 0.15) is 6.04 Å². The standard InChI is InChI=1S/C18H26N6O2/c25-17-7-4-14(19-17)18(26)24-12-10-23(11-13-24)16-6-5-15(20-21-16)22-8-2-1-3-9-22/h5-6,14H,1-4,7-13H2,(H,19,25). The van der Waals surface area contributed by atoms with Crippen molar-refractivity contribution in [1.82, 2.24) is 20.4 Å². The minimum atomic E-state index is -0.335. The molecule has 8 nitrogen and oxygen atoms in total. The van der Waals surface area contributed by atoms with Gasteiger partial charge in [-0.3, -0.25) is 9.59 Å². The average Bonchev–Trinajstić information content (AvgIpc) is 3.15. The zero-order chi connectivity index (χ0) is 17.9. The Kier molecular flexibility index (Phi) is 4.90. The maximum Gasteiger partial charge on any atom is 0.245 e. The second-order valence-electron chi connectivity index (χ2n) is 7.27. The van der Waals surface area contributed by atoms with E-state index in [2.05, 4.69) is 31.4 Å². The predicted octanol–water partition coefficient (Wildman–Crippen LogP) is 0.394. The lowest BCUT2D eigenvalue weighted by Crippen LogP contribution is -2.53. The number of carbonyl (C=O) groups excluding carboxylic acids is 2. The van der Waals surface area contributed by atoms with Gasteiger partial charge in [0.2, 0.25) is 11.8 Å². The summed E-state index contributed by atoms with van der Waals surface area (Å²) in [6.07, 6.45) is 4.81. The second-order valence-corrected chi connectivity index (χ2v) is 7.27. The molecule has 1 atom stereocenters. The molecule has 3 aliphatic rings. The Balaban J connectivity index is 1.31. The Morgan fingerprint density at radius 2 is 1.54 bits per heavy atom. The lowest BCUT2D eigenvalue weighted by atomic mass is 10.1. The van der Waals surface area contributed by atoms with Gasteiger partial charge < -0.3 is 20.0 Å². The number of hydrogen-bond acceptors (Lipinski definition) is 6. The molecule has 0 spiro atoms. The summed E-state index contributed by atoms with van der Waals surface area (Å²) >= 11 is 0. The average molecular weight is 358 g/mol. The van der Waals surface area contributed by atoms with Crippen LogP contribution in [-0.4, -0.2) is 72.2 Å². The van der Waals surface area contributed by atoms with Crippen molar-refractivity contribution in [2.75, 3.05) is 49.1 Å². The van der Waals surface area contributed by atoms with Gasteiger partial charge in [0.15, 0.2) is 11.6 Å². The molecule has 0 aromatic carbocycles. The minimum absolute atomic E-state index is 0.0222. The van der Waals surface area contributed by atoms with Gasteiger partial charge in [0, 0.05) is 45.7 Å². The van der Waals surface area contributed by atoms with Crippen LogP contribution in [0, 0.1) is 0 Å². The molecule has 3 fully saturated rings. The number of nitrogens with zero attached hydrogens (tertiary/aromatic N) is 5. The van der Waals surface area contributed by atoms with Gasteiger partial charge in [-0.1, -0.05) is 0 Å². The van der Waals surface area contributed by atoms with Gasteiger partial charge in [0.25, 0.3) is 0 Å². The van der Waals surface area contributed by atoms with E-state index in [0.29, 0.717) is 25.9 Å². The van der Waals surface area contributed by atoms with Crippen LogP contribution in [-0.2, 0) is 9.59 Å². The van der Waals surface area contributed by atoms with Crippen molar-refractivity contribution in [2.45, 2.75) is 38.1 Å². The second kappa shape index (κ2) is 7.47. The third-order valence-electron chi connectivity index (χ3n) is 5.53. The molecule has 3 aliphatic heterocycles. The van der Waals surface area contributed by atoms with Crippen molar-refractivity contribution >= 4 is 23.5 Å². The molecule has 0 aliphatic carbocycles. The number of carbonyl (C=O) groups is 2. The van der Waals surface area contributed by atoms with E-state index in [9.17, 15) is 9.59 Å². The fraction of sp³-hybridized carbons (Fsp3) is 0.667. The van der Waals surface area contributed by atoms with E-state index in [1.54, 1.807) is 0 Å². The number of hydrogen-bond donors (Lipinski definition) is 1. The molecule has 3 saturated heterocycles. The van der Waals surface area contributed by atoms with E-state index in [1.165, 1.54) is 19.3 Å². The Morgan fingerprint density at radius 1 is 0.923 bits per heavy atom. The third-order valence-corrected chi connectivity index (χ3v) is 5.53. The summed E-state index contributed by atoms with van der Waals surface area (Å²) in [5.41, 5.74) is 0. The topological polar surface area (TPSA) is 81.7 Å². The highest BCUT2D eigenvalue weighted by Gasteiger charge is 2.32. The molecule has 8 heteroatoms. The van der Waals surface area contributed by atoms with Gasteiger partial charge in [-0.25, -0.2) is 0 Å². The largest absolute Gasteiger partial charge is 0.355 e. The van der Waals surface area contributed by atoms with Crippen LogP contribution in [0.4, 0.5) is 11.6 Å². The number of anilines is 2. The van der Waals surface area contributed by atoms with E-state index in [-0.39, 0.29) is 17.9 Å². The van der Waals surface area contributed by atoms with Crippen molar-refractivity contribution in [3.05, 3.63) is 12.1 Å². The fourth-order valence-corrected chi connectivity index (χ4v) is 3.95. The summed E-state index contributed by atoms with van der Waals surface area (Å²) in [6.45, 7) is 4.91. The van der Waals surface area contributed by atoms with Crippen LogP contribution in [0.3, 0.4) is 0 Å². The third kappa shape index (κ3) is 3.59. The Bertz CT molecular complexity index is 650. The van der Waals surface area contributed by atoms with E-state index < -0.39 is 0 Å². The lowest BCUT2D eigenvalue weighted by molar-refractivity contribution is -0.134. The maximum atomic E-state index is 12.5. The molecular weight excluding hydrogens is 332 g/mol. The minimum Gasteiger partial charge on any atom is -0.355 e. The van der Waals surface area contributed by atoms with Gasteiger partial charge in [-0.2, -0.15) is 0 Å². The van der Waals surface area contributed by atoms with Crippen LogP contribution in [0.1, 0.15) is 32.1 Å². The first-order chi connectivity index (χ1) is 12.7. The molecule has 0 radical (unpaired) electrons. The first kappa shape index (κ1) is 17.1. The molecule has 1 unspecified atom stereocenters. The lowest BCUT2D eigenvalue weighted by Gasteiger charge is -2.36. The highest BCUT2D eigenvalue weighted by Crippen LogP contribution is 2.20. The van der Waals surface area contributed by atoms with Crippen molar-refractivity contribution in [3.63, 3.8) is 0 Å². The van der Waals surface area contributed by atoms with Gasteiger partial charge in [0.05, 0.1) is 0 Å². The summed E-state index contributed by atoms with van der Waals surface area (Å²) in [6, 6.07) is 3.75. The summed E-state index contributed by atoms with van der Waals surface area (Å²) in [4.78, 5) is 30.1. The SMILES string of the molecule is O=C1CCC(C(=O)N2CCN(c3ccc(N4CCCCC4)nn3)CC2)N1. The summed E-state index contributed by atoms with van der Waals surface area (Å²) in [5, 5.41) is 11.6. The highest BCUT2D eigenvalue weighted by atomic mass is 16.2. The van der Waals surface area contributed by atoms with Crippen LogP contribution >= 0.6 is 0 Å². The number of piperidine rings is 1. The van der Waals surface area contributed by atoms with Crippen molar-refractivity contribution in [1.29, 1.82) is 0 Å². The zero-order valence-corrected chi connectivity index (χ0v) is 15.1. The number of aromatic nitrogens is 2. The molecule has 1 aromatic rings. The normalized spacial score (nSPS) is 23.9. The Hall–Kier alpha value is -2.38. The first-order valence-electron chi connectivity index (χ1n) is 9.62. The van der Waals surface area contributed by atoms with Crippen LogP contribution in [0.5, 0.6) is 0 Å². The molecule has 0 saturated carbocycles. The molecule has 4 heterocycles. The fourth-order valence-electron chi connectivity index (χ4n) is 3.95. The number of piperazine rings is 1. The van der Waals surface area contributed by atoms with E-state index in [4.69, 9.17) is 0 Å². The van der Waals surface area contributed by atoms with Crippen LogP contribution in [0.25, 0.3) is 0 Å². The van der Waals surface area contributed by atoms with E-state index >= 15 is 0 Å². The monoisotopic (exact) mass is 358 g/mol. The van der Waals surface area contributed by atoms with Crippen molar-refractivity contribution in [2.24, 2.45) is 0 Å². The quantitative estimate of drug-likeness (QED) is 0.842. The molecular formula is C18H26N6O2. The maximum absolute atomic E-state index is 12.5. The number of nitrogens with one attached hydrogen (secondary N) is 1. The van der Waals surface area contributed by atoms with Crippen molar-refractivity contribution in [3.8, 4) is 0 Å². The molecule has 1 N–H and O–H groups in total. The van der Waals surface area contributed by atoms with Gasteiger partial charge in [-0.15, -0.1) is 10.2 Å². The van der Waals surface area contributed by atoms with Gasteiger partial charge in [-0.05, 0) is 37.8 Å². The summed E-state index contributed by atoms with van der Waals surface area (Å²) in [5.74, 6) is 1.85. The van der Waals surface area contributed by atoms with Crippen LogP contribution in [0.2, 0.25) is 0 Å². The molecule has 26 heavy (non-hydrogen) atoms. The highest BCUT2D eigenvalue weighted by molar-refractivity contribution is 5.90.